The Morgan fingerprint density at radius 2 is 2.05 bits per heavy atom. The average molecular weight is 273 g/mol. The summed E-state index contributed by atoms with van der Waals surface area (Å²) in [7, 11) is 0. The van der Waals surface area contributed by atoms with E-state index in [0.717, 1.165) is 0 Å². The molecule has 3 rings (SSSR count). The van der Waals surface area contributed by atoms with E-state index in [9.17, 15) is 14.4 Å². The van der Waals surface area contributed by atoms with Gasteiger partial charge in [-0.3, -0.25) is 19.7 Å². The number of amides is 3. The van der Waals surface area contributed by atoms with E-state index < -0.39 is 17.9 Å². The van der Waals surface area contributed by atoms with Crippen molar-refractivity contribution in [3.8, 4) is 0 Å². The van der Waals surface area contributed by atoms with Crippen LogP contribution in [0.4, 0.5) is 0 Å². The second kappa shape index (κ2) is 4.41. The maximum Gasteiger partial charge on any atom is 0.255 e. The van der Waals surface area contributed by atoms with E-state index in [2.05, 4.69) is 20.7 Å². The molecule has 1 aromatic carbocycles. The number of nitrogens with zero attached hydrogens (tertiary/aromatic N) is 3. The molecular weight excluding hydrogens is 262 g/mol. The average Bonchev–Trinajstić information content (AvgIpc) is 2.89. The van der Waals surface area contributed by atoms with Crippen LogP contribution >= 0.6 is 0 Å². The molecule has 1 aromatic heterocycles. The Balaban J connectivity index is 1.94. The van der Waals surface area contributed by atoms with Gasteiger partial charge >= 0.3 is 0 Å². The van der Waals surface area contributed by atoms with Gasteiger partial charge in [-0.25, -0.2) is 0 Å². The summed E-state index contributed by atoms with van der Waals surface area (Å²) in [6, 6.07) is 4.14. The summed E-state index contributed by atoms with van der Waals surface area (Å²) in [5, 5.41) is 12.4. The molecule has 8 nitrogen and oxygen atoms in total. The standard InChI is InChI=1S/C12H11N5O3/c1-6-11(19)13-10(18)5-17(6)12(20)7-2-3-8-9(4-7)15-16-14-8/h2-4,6H,5H2,1H3,(H,13,18,19)(H,14,15,16). The molecule has 20 heavy (non-hydrogen) atoms. The van der Waals surface area contributed by atoms with Crippen molar-refractivity contribution in [2.45, 2.75) is 13.0 Å². The number of hydrogen-bond acceptors (Lipinski definition) is 5. The van der Waals surface area contributed by atoms with E-state index in [4.69, 9.17) is 0 Å². The molecule has 1 saturated heterocycles. The van der Waals surface area contributed by atoms with Gasteiger partial charge in [0.1, 0.15) is 23.6 Å². The number of fused-ring (bicyclic) bond motifs is 1. The quantitative estimate of drug-likeness (QED) is 0.677. The van der Waals surface area contributed by atoms with Crippen molar-refractivity contribution in [2.75, 3.05) is 6.54 Å². The van der Waals surface area contributed by atoms with Gasteiger partial charge in [0.05, 0.1) is 0 Å². The molecule has 0 spiro atoms. The summed E-state index contributed by atoms with van der Waals surface area (Å²) < 4.78 is 0. The Morgan fingerprint density at radius 3 is 2.85 bits per heavy atom. The van der Waals surface area contributed by atoms with E-state index in [0.29, 0.717) is 16.6 Å². The summed E-state index contributed by atoms with van der Waals surface area (Å²) in [6.07, 6.45) is 0. The molecule has 1 atom stereocenters. The lowest BCUT2D eigenvalue weighted by atomic mass is 10.1. The monoisotopic (exact) mass is 273 g/mol. The lowest BCUT2D eigenvalue weighted by Crippen LogP contribution is -2.58. The first-order valence-corrected chi connectivity index (χ1v) is 6.01. The SMILES string of the molecule is CC1C(=O)NC(=O)CN1C(=O)c1ccc2n[nH]nc2c1. The summed E-state index contributed by atoms with van der Waals surface area (Å²) >= 11 is 0. The molecule has 3 amide bonds. The predicted molar refractivity (Wildman–Crippen MR) is 67.5 cm³/mol. The minimum absolute atomic E-state index is 0.136. The first kappa shape index (κ1) is 12.3. The Hall–Kier alpha value is -2.77. The zero-order valence-corrected chi connectivity index (χ0v) is 10.6. The molecule has 2 aromatic rings. The third kappa shape index (κ3) is 1.91. The summed E-state index contributed by atoms with van der Waals surface area (Å²) in [5.41, 5.74) is 1.55. The maximum absolute atomic E-state index is 12.4. The van der Waals surface area contributed by atoms with Crippen molar-refractivity contribution in [1.29, 1.82) is 0 Å². The van der Waals surface area contributed by atoms with Gasteiger partial charge in [-0.2, -0.15) is 15.4 Å². The first-order chi connectivity index (χ1) is 9.56. The third-order valence-corrected chi connectivity index (χ3v) is 3.25. The topological polar surface area (TPSA) is 108 Å². The van der Waals surface area contributed by atoms with Crippen LogP contribution in [0.3, 0.4) is 0 Å². The molecule has 0 radical (unpaired) electrons. The van der Waals surface area contributed by atoms with Crippen LogP contribution in [0.5, 0.6) is 0 Å². The molecule has 0 aliphatic carbocycles. The minimum Gasteiger partial charge on any atom is -0.318 e. The summed E-state index contributed by atoms with van der Waals surface area (Å²) in [6.45, 7) is 1.44. The predicted octanol–water partition coefficient (Wildman–Crippen LogP) is -0.555. The van der Waals surface area contributed by atoms with Gasteiger partial charge in [-0.15, -0.1) is 0 Å². The number of carbonyl (C=O) groups excluding carboxylic acids is 3. The highest BCUT2D eigenvalue weighted by atomic mass is 16.2. The highest BCUT2D eigenvalue weighted by Crippen LogP contribution is 2.15. The van der Waals surface area contributed by atoms with E-state index >= 15 is 0 Å². The maximum atomic E-state index is 12.4. The van der Waals surface area contributed by atoms with E-state index in [1.807, 2.05) is 0 Å². The Kier molecular flexibility index (Phi) is 2.70. The fraction of sp³-hybridized carbons (Fsp3) is 0.250. The van der Waals surface area contributed by atoms with Crippen molar-refractivity contribution in [2.24, 2.45) is 0 Å². The van der Waals surface area contributed by atoms with Crippen molar-refractivity contribution in [3.63, 3.8) is 0 Å². The van der Waals surface area contributed by atoms with Crippen molar-refractivity contribution in [3.05, 3.63) is 23.8 Å². The van der Waals surface area contributed by atoms with Gasteiger partial charge in [0.25, 0.3) is 5.91 Å². The molecule has 2 N–H and O–H groups in total. The van der Waals surface area contributed by atoms with Gasteiger partial charge < -0.3 is 4.90 Å². The van der Waals surface area contributed by atoms with Gasteiger partial charge in [-0.05, 0) is 25.1 Å². The number of hydrogen-bond donors (Lipinski definition) is 2. The summed E-state index contributed by atoms with van der Waals surface area (Å²) in [4.78, 5) is 36.6. The Labute approximate surface area is 113 Å². The number of carbonyl (C=O) groups is 3. The molecule has 0 saturated carbocycles. The van der Waals surface area contributed by atoms with Crippen LogP contribution in [0, 0.1) is 0 Å². The second-order valence-electron chi connectivity index (χ2n) is 4.55. The molecule has 1 fully saturated rings. The van der Waals surface area contributed by atoms with Crippen LogP contribution in [0.2, 0.25) is 0 Å². The van der Waals surface area contributed by atoms with Crippen molar-refractivity contribution >= 4 is 28.8 Å². The van der Waals surface area contributed by atoms with E-state index in [1.165, 1.54) is 4.90 Å². The number of benzene rings is 1. The molecular formula is C12H11N5O3. The highest BCUT2D eigenvalue weighted by molar-refractivity contribution is 6.07. The molecule has 1 aliphatic heterocycles. The first-order valence-electron chi connectivity index (χ1n) is 6.01. The number of H-pyrrole nitrogens is 1. The zero-order chi connectivity index (χ0) is 14.3. The van der Waals surface area contributed by atoms with Crippen molar-refractivity contribution in [1.82, 2.24) is 25.6 Å². The number of rotatable bonds is 1. The smallest absolute Gasteiger partial charge is 0.255 e. The lowest BCUT2D eigenvalue weighted by Gasteiger charge is -2.31. The fourth-order valence-electron chi connectivity index (χ4n) is 2.10. The number of nitrogens with one attached hydrogen (secondary N) is 2. The molecule has 0 bridgehead atoms. The minimum atomic E-state index is -0.687. The number of imide groups is 1. The normalized spacial score (nSPS) is 19.2. The van der Waals surface area contributed by atoms with Gasteiger partial charge in [0.2, 0.25) is 11.8 Å². The Morgan fingerprint density at radius 1 is 1.30 bits per heavy atom. The van der Waals surface area contributed by atoms with Crippen LogP contribution < -0.4 is 5.32 Å². The van der Waals surface area contributed by atoms with E-state index in [-0.39, 0.29) is 12.5 Å². The number of piperazine rings is 1. The van der Waals surface area contributed by atoms with E-state index in [1.54, 1.807) is 25.1 Å². The van der Waals surface area contributed by atoms with Crippen LogP contribution in [-0.2, 0) is 9.59 Å². The molecule has 8 heteroatoms. The lowest BCUT2D eigenvalue weighted by molar-refractivity contribution is -0.138. The molecule has 1 aliphatic rings. The van der Waals surface area contributed by atoms with Gasteiger partial charge in [0.15, 0.2) is 0 Å². The number of aromatic nitrogens is 3. The van der Waals surface area contributed by atoms with Crippen LogP contribution in [-0.4, -0.2) is 50.6 Å². The highest BCUT2D eigenvalue weighted by Gasteiger charge is 2.34. The largest absolute Gasteiger partial charge is 0.318 e. The van der Waals surface area contributed by atoms with Crippen LogP contribution in [0.15, 0.2) is 18.2 Å². The zero-order valence-electron chi connectivity index (χ0n) is 10.6. The van der Waals surface area contributed by atoms with Gasteiger partial charge in [0, 0.05) is 5.56 Å². The van der Waals surface area contributed by atoms with Crippen LogP contribution in [0.1, 0.15) is 17.3 Å². The Bertz CT molecular complexity index is 723. The third-order valence-electron chi connectivity index (χ3n) is 3.25. The van der Waals surface area contributed by atoms with Crippen LogP contribution in [0.25, 0.3) is 11.0 Å². The number of aromatic amines is 1. The molecule has 1 unspecified atom stereocenters. The second-order valence-corrected chi connectivity index (χ2v) is 4.55. The van der Waals surface area contributed by atoms with Crippen molar-refractivity contribution < 1.29 is 14.4 Å². The van der Waals surface area contributed by atoms with Gasteiger partial charge in [-0.1, -0.05) is 0 Å². The molecule has 102 valence electrons. The molecule has 2 heterocycles. The fourth-order valence-corrected chi connectivity index (χ4v) is 2.10. The summed E-state index contributed by atoms with van der Waals surface area (Å²) in [5.74, 6) is -1.34.